The van der Waals surface area contributed by atoms with Gasteiger partial charge in [-0.25, -0.2) is 0 Å². The first-order valence-electron chi connectivity index (χ1n) is 58.0. The van der Waals surface area contributed by atoms with Crippen LogP contribution in [0.1, 0.15) is 420 Å². The van der Waals surface area contributed by atoms with Crippen molar-refractivity contribution < 1.29 is 138 Å². The minimum absolute atomic E-state index is 0.000440. The Morgan fingerprint density at radius 3 is 1.09 bits per heavy atom. The van der Waals surface area contributed by atoms with E-state index in [1.807, 2.05) is 180 Å². The fourth-order valence-electron chi connectivity index (χ4n) is 23.1. The van der Waals surface area contributed by atoms with Gasteiger partial charge in [0, 0.05) is 43.4 Å². The van der Waals surface area contributed by atoms with Crippen LogP contribution < -0.4 is 0 Å². The van der Waals surface area contributed by atoms with E-state index in [1.165, 1.54) is 38.5 Å². The molecule has 29 heteroatoms. The van der Waals surface area contributed by atoms with Gasteiger partial charge in [0.25, 0.3) is 0 Å². The average Bonchev–Trinajstić information content (AvgIpc) is 1.57. The van der Waals surface area contributed by atoms with Crippen LogP contribution in [0.15, 0.2) is 0 Å². The first-order valence-corrected chi connectivity index (χ1v) is 58.0. The van der Waals surface area contributed by atoms with Crippen molar-refractivity contribution in [1.82, 2.24) is 0 Å². The highest BCUT2D eigenvalue weighted by atomic mass is 16.7. The topological polar surface area (TPSA) is 346 Å². The molecule has 0 aromatic carbocycles. The summed E-state index contributed by atoms with van der Waals surface area (Å²) in [4.78, 5) is 118. The average molecular weight is 2080 g/mol. The van der Waals surface area contributed by atoms with E-state index in [4.69, 9.17) is 90.0 Å². The molecule has 0 radical (unpaired) electrons. The number of hydrogen-bond acceptors (Lipinski definition) is 29. The lowest BCUT2D eigenvalue weighted by molar-refractivity contribution is -0.167. The number of esters is 10. The summed E-state index contributed by atoms with van der Waals surface area (Å²) >= 11 is 0. The summed E-state index contributed by atoms with van der Waals surface area (Å²) in [6, 6.07) is 0. The van der Waals surface area contributed by atoms with Crippen LogP contribution in [0.5, 0.6) is 0 Å². The third kappa shape index (κ3) is 31.0. The zero-order valence-corrected chi connectivity index (χ0v) is 95.9. The third-order valence-electron chi connectivity index (χ3n) is 37.3. The Hall–Kier alpha value is -5.66. The molecule has 19 heterocycles. The molecule has 19 aliphatic rings. The van der Waals surface area contributed by atoms with Crippen LogP contribution in [-0.2, 0) is 138 Å². The Labute approximate surface area is 881 Å². The number of hydrogen-bond donors (Lipinski definition) is 0. The minimum atomic E-state index is -0.399. The summed E-state index contributed by atoms with van der Waals surface area (Å²) in [7, 11) is 0. The summed E-state index contributed by atoms with van der Waals surface area (Å²) in [5.74, 6) is 2.13. The molecule has 18 bridgehead atoms. The van der Waals surface area contributed by atoms with Gasteiger partial charge >= 0.3 is 59.7 Å². The first-order chi connectivity index (χ1) is 69.1. The maximum absolute atomic E-state index is 12.3. The van der Waals surface area contributed by atoms with Crippen molar-refractivity contribution in [3.63, 3.8) is 0 Å². The molecular weight excluding hydrogens is 1880 g/mol. The van der Waals surface area contributed by atoms with Crippen molar-refractivity contribution in [3.8, 4) is 0 Å². The Morgan fingerprint density at radius 2 is 0.701 bits per heavy atom. The number of fused-ring (bicyclic) bond motifs is 17. The van der Waals surface area contributed by atoms with Crippen LogP contribution in [0.2, 0.25) is 0 Å². The molecule has 147 heavy (non-hydrogen) atoms. The molecule has 19 saturated heterocycles. The molecule has 0 aromatic rings. The Bertz CT molecular complexity index is 4280. The summed E-state index contributed by atoms with van der Waals surface area (Å²) in [6.07, 6.45) is 36.9. The quantitative estimate of drug-likeness (QED) is 0.0435. The van der Waals surface area contributed by atoms with Gasteiger partial charge in [-0.2, -0.15) is 0 Å². The van der Waals surface area contributed by atoms with Crippen molar-refractivity contribution in [2.45, 2.75) is 578 Å². The van der Waals surface area contributed by atoms with Crippen LogP contribution in [0.25, 0.3) is 0 Å². The van der Waals surface area contributed by atoms with E-state index in [9.17, 15) is 47.9 Å². The van der Waals surface area contributed by atoms with E-state index in [0.29, 0.717) is 134 Å². The van der Waals surface area contributed by atoms with E-state index in [-0.39, 0.29) is 195 Å². The number of carbonyl (C=O) groups excluding carboxylic acids is 10. The van der Waals surface area contributed by atoms with Gasteiger partial charge < -0.3 is 90.0 Å². The number of ether oxygens (including phenoxy) is 19. The molecule has 0 spiro atoms. The SMILES string of the molecule is CCC(C)(C)C(=O)OC(C(C)C)C1CC2CCC1O2.CCC(C)(C)C(=O)OC(C)C1CC2CCC1O2.CCC(C)(C)C(=O)OC1CC2CC(C)C1O2.CCC(C)(C)C(=O)OC1CC2CCC1O2.CCC(C)(C)C(=O)OC1CC2OC1CC2C.CCC(C)(C)C(=O)OCC1CC2CCC1O2.CCC(C)(C)C(=O)OCCC1CC2CCC1O2.CCC(C)C(=O)OC1C2CC3C(=O)OC1C3O2.CCC(C)C(=O)OC1CC2CCC1O2. The third-order valence-corrected chi connectivity index (χ3v) is 37.3. The molecule has 19 rings (SSSR count). The lowest BCUT2D eigenvalue weighted by Gasteiger charge is -2.33. The number of rotatable bonds is 33. The van der Waals surface area contributed by atoms with Crippen LogP contribution in [0.3, 0.4) is 0 Å². The van der Waals surface area contributed by atoms with Gasteiger partial charge in [-0.1, -0.05) is 104 Å². The molecule has 0 aliphatic carbocycles. The molecular formula is C118H196O29. The van der Waals surface area contributed by atoms with E-state index >= 15 is 0 Å². The maximum atomic E-state index is 12.3. The second kappa shape index (κ2) is 52.3. The predicted molar refractivity (Wildman–Crippen MR) is 553 cm³/mol. The Balaban J connectivity index is 0.000000157. The molecule has 0 N–H and O–H groups in total. The van der Waals surface area contributed by atoms with Crippen LogP contribution in [-0.4, -0.2) is 232 Å². The monoisotopic (exact) mass is 2080 g/mol. The first kappa shape index (κ1) is 122. The molecule has 0 saturated carbocycles. The van der Waals surface area contributed by atoms with Crippen LogP contribution >= 0.6 is 0 Å². The van der Waals surface area contributed by atoms with Crippen molar-refractivity contribution in [2.75, 3.05) is 13.2 Å². The lowest BCUT2D eigenvalue weighted by Crippen LogP contribution is -2.40. The normalized spacial score (nSPS) is 35.6. The van der Waals surface area contributed by atoms with Crippen molar-refractivity contribution in [2.24, 2.45) is 97.1 Å². The van der Waals surface area contributed by atoms with E-state index in [1.54, 1.807) is 0 Å². The van der Waals surface area contributed by atoms with Gasteiger partial charge in [-0.05, 0) is 314 Å². The molecule has 842 valence electrons. The minimum Gasteiger partial charge on any atom is -0.465 e. The van der Waals surface area contributed by atoms with Gasteiger partial charge in [0.15, 0.2) is 12.2 Å². The molecule has 35 atom stereocenters. The van der Waals surface area contributed by atoms with Gasteiger partial charge in [0.2, 0.25) is 0 Å². The van der Waals surface area contributed by atoms with E-state index in [2.05, 4.69) is 27.7 Å². The molecule has 19 aliphatic heterocycles. The van der Waals surface area contributed by atoms with E-state index in [0.717, 1.165) is 167 Å². The number of carbonyl (C=O) groups is 10. The zero-order valence-electron chi connectivity index (χ0n) is 95.9. The van der Waals surface area contributed by atoms with E-state index < -0.39 is 6.10 Å². The highest BCUT2D eigenvalue weighted by Crippen LogP contribution is 2.51. The van der Waals surface area contributed by atoms with Crippen LogP contribution in [0.4, 0.5) is 0 Å². The maximum Gasteiger partial charge on any atom is 0.312 e. The fraction of sp³-hybridized carbons (Fsp3) is 0.915. The standard InChI is InChI=1S/C16H28O3.2C14H24O3.3C13H22O3.C12H16O5.C12H20O3.C11H18O3/c1-6-16(4,5)15(17)19-14(10(2)3)12-9-11-7-8-13(12)18-11;1-5-14(3,4)13(15)16-9(2)11-8-10-6-7-12(11)17-10;1-4-14(2,3)13(15)16-8-7-10-9-11-5-6-12(10)17-11;1-5-13(3,4)12(14)16-11-7-9-8(2)6-10(11)15-9;1-5-13(3,4)12(14)16-10-7-9-6-8(2)11(10)15-9;1-4-13(2,3)12(14)15-8-9-7-10-5-6-11(9)16-10;1-3-5(2)11(13)16-9-7-4-6-8(15-7)10(9)17-12(6)14;1-4-12(2,3)11(13)15-10-7-8-5-6-9(10)14-8;1-3-7(2)11(12)14-10-6-8-4-5-9(10)13-8/h10-14H,6-9H2,1-5H3;9-12H,5-8H2,1-4H3;10-12H,4-9H2,1-3H3;2*8-11H,5-7H2,1-4H3;9-11H,4-8H2,1-3H3;5-10H,3-4H2,1-2H3;8-10H,4-7H2,1-3H3;7-10H,3-6H2,1-2H3. The predicted octanol–water partition coefficient (Wildman–Crippen LogP) is 21.8. The summed E-state index contributed by atoms with van der Waals surface area (Å²) in [6.45, 7) is 60.8. The highest BCUT2D eigenvalue weighted by Gasteiger charge is 2.66. The van der Waals surface area contributed by atoms with Crippen molar-refractivity contribution in [1.29, 1.82) is 0 Å². The molecule has 19 fully saturated rings. The summed E-state index contributed by atoms with van der Waals surface area (Å²) < 4.78 is 107. The van der Waals surface area contributed by atoms with Gasteiger partial charge in [-0.3, -0.25) is 47.9 Å². The van der Waals surface area contributed by atoms with Crippen molar-refractivity contribution >= 4 is 59.7 Å². The smallest absolute Gasteiger partial charge is 0.312 e. The highest BCUT2D eigenvalue weighted by molar-refractivity contribution is 5.80. The van der Waals surface area contributed by atoms with Gasteiger partial charge in [0.1, 0.15) is 42.7 Å². The summed E-state index contributed by atoms with van der Waals surface area (Å²) in [5, 5.41) is 0. The lowest BCUT2D eigenvalue weighted by atomic mass is 9.81. The molecule has 29 nitrogen and oxygen atoms in total. The molecule has 35 unspecified atom stereocenters. The summed E-state index contributed by atoms with van der Waals surface area (Å²) in [5.41, 5.74) is -2.54. The molecule has 0 amide bonds. The Morgan fingerprint density at radius 1 is 0.313 bits per heavy atom. The molecule has 0 aromatic heterocycles. The van der Waals surface area contributed by atoms with Crippen LogP contribution in [0, 0.1) is 97.1 Å². The Kier molecular flexibility index (Phi) is 43.2. The fourth-order valence-corrected chi connectivity index (χ4v) is 23.1. The second-order valence-corrected chi connectivity index (χ2v) is 51.5. The van der Waals surface area contributed by atoms with Gasteiger partial charge in [0.05, 0.1) is 173 Å². The zero-order chi connectivity index (χ0) is 108. The largest absolute Gasteiger partial charge is 0.465 e. The van der Waals surface area contributed by atoms with Gasteiger partial charge in [-0.15, -0.1) is 0 Å². The van der Waals surface area contributed by atoms with Crippen molar-refractivity contribution in [3.05, 3.63) is 0 Å². The second-order valence-electron chi connectivity index (χ2n) is 51.5.